The Morgan fingerprint density at radius 2 is 1.52 bits per heavy atom. The second-order valence-electron chi connectivity index (χ2n) is 7.37. The van der Waals surface area contributed by atoms with E-state index in [1.165, 1.54) is 5.39 Å². The van der Waals surface area contributed by atoms with Crippen molar-refractivity contribution in [2.75, 3.05) is 0 Å². The van der Waals surface area contributed by atoms with Crippen molar-refractivity contribution in [2.24, 2.45) is 0 Å². The average molecular weight is 409 g/mol. The molecule has 0 bridgehead atoms. The predicted molar refractivity (Wildman–Crippen MR) is 122 cm³/mol. The van der Waals surface area contributed by atoms with Crippen molar-refractivity contribution in [1.29, 1.82) is 0 Å². The maximum Gasteiger partial charge on any atom is 0.255 e. The van der Waals surface area contributed by atoms with Crippen LogP contribution in [0.3, 0.4) is 0 Å². The van der Waals surface area contributed by atoms with E-state index in [0.29, 0.717) is 24.3 Å². The minimum atomic E-state index is -0.608. The molecule has 31 heavy (non-hydrogen) atoms. The Hall–Kier alpha value is -3.92. The van der Waals surface area contributed by atoms with Gasteiger partial charge in [-0.25, -0.2) is 0 Å². The molecule has 0 radical (unpaired) electrons. The van der Waals surface area contributed by atoms with E-state index in [0.717, 1.165) is 22.8 Å². The fourth-order valence-electron chi connectivity index (χ4n) is 3.52. The van der Waals surface area contributed by atoms with Gasteiger partial charge in [-0.05, 0) is 46.5 Å². The molecule has 4 heteroatoms. The van der Waals surface area contributed by atoms with Crippen LogP contribution in [0, 0.1) is 0 Å². The Bertz CT molecular complexity index is 1190. The highest BCUT2D eigenvalue weighted by Gasteiger charge is 2.17. The number of carbonyl (C=O) groups excluding carboxylic acids is 2. The Kier molecular flexibility index (Phi) is 6.38. The molecule has 0 heterocycles. The summed E-state index contributed by atoms with van der Waals surface area (Å²) in [5.74, 6) is 0.152. The average Bonchev–Trinajstić information content (AvgIpc) is 2.83. The standard InChI is InChI=1S/C27H23NO3/c29-18-24(17-20-8-2-1-3-9-20)28-27(30)25-12-6-7-13-26(25)31-19-21-14-15-22-10-4-5-11-23(22)16-21/h1-16,18,24H,17,19H2,(H,28,30). The van der Waals surface area contributed by atoms with Crippen LogP contribution in [-0.2, 0) is 17.8 Å². The van der Waals surface area contributed by atoms with Crippen molar-refractivity contribution < 1.29 is 14.3 Å². The summed E-state index contributed by atoms with van der Waals surface area (Å²) in [7, 11) is 0. The van der Waals surface area contributed by atoms with E-state index in [2.05, 4.69) is 29.6 Å². The van der Waals surface area contributed by atoms with E-state index in [9.17, 15) is 9.59 Å². The molecule has 154 valence electrons. The summed E-state index contributed by atoms with van der Waals surface area (Å²) >= 11 is 0. The lowest BCUT2D eigenvalue weighted by molar-refractivity contribution is -0.109. The molecule has 4 rings (SSSR count). The monoisotopic (exact) mass is 409 g/mol. The molecule has 0 saturated carbocycles. The van der Waals surface area contributed by atoms with Gasteiger partial charge in [0.2, 0.25) is 0 Å². The first-order valence-electron chi connectivity index (χ1n) is 10.2. The number of carbonyl (C=O) groups is 2. The van der Waals surface area contributed by atoms with Gasteiger partial charge < -0.3 is 14.8 Å². The maximum atomic E-state index is 12.9. The van der Waals surface area contributed by atoms with Gasteiger partial charge in [0.25, 0.3) is 5.91 Å². The topological polar surface area (TPSA) is 55.4 Å². The summed E-state index contributed by atoms with van der Waals surface area (Å²) in [6, 6.07) is 30.4. The van der Waals surface area contributed by atoms with Gasteiger partial charge in [0.15, 0.2) is 0 Å². The maximum absolute atomic E-state index is 12.9. The lowest BCUT2D eigenvalue weighted by Gasteiger charge is -2.15. The summed E-state index contributed by atoms with van der Waals surface area (Å²) in [5, 5.41) is 5.12. The highest BCUT2D eigenvalue weighted by molar-refractivity contribution is 5.98. The molecule has 4 aromatic carbocycles. The van der Waals surface area contributed by atoms with Crippen LogP contribution in [0.1, 0.15) is 21.5 Å². The molecule has 0 aromatic heterocycles. The number of rotatable bonds is 8. The SMILES string of the molecule is O=CC(Cc1ccccc1)NC(=O)c1ccccc1OCc1ccc2ccccc2c1. The van der Waals surface area contributed by atoms with Gasteiger partial charge in [-0.15, -0.1) is 0 Å². The molecular formula is C27H23NO3. The molecule has 4 aromatic rings. The molecule has 4 nitrogen and oxygen atoms in total. The van der Waals surface area contributed by atoms with Crippen molar-refractivity contribution >= 4 is 23.0 Å². The molecule has 1 N–H and O–H groups in total. The van der Waals surface area contributed by atoms with Gasteiger partial charge in [-0.3, -0.25) is 4.79 Å². The number of hydrogen-bond donors (Lipinski definition) is 1. The molecule has 0 spiro atoms. The normalized spacial score (nSPS) is 11.6. The van der Waals surface area contributed by atoms with Gasteiger partial charge >= 0.3 is 0 Å². The fraction of sp³-hybridized carbons (Fsp3) is 0.111. The number of nitrogens with one attached hydrogen (secondary N) is 1. The molecular weight excluding hydrogens is 386 g/mol. The molecule has 0 aliphatic carbocycles. The van der Waals surface area contributed by atoms with Crippen LogP contribution in [0.15, 0.2) is 97.1 Å². The molecule has 1 unspecified atom stereocenters. The predicted octanol–water partition coefficient (Wildman–Crippen LogP) is 4.96. The van der Waals surface area contributed by atoms with E-state index >= 15 is 0 Å². The highest BCUT2D eigenvalue weighted by Crippen LogP contribution is 2.21. The van der Waals surface area contributed by atoms with Crippen molar-refractivity contribution in [2.45, 2.75) is 19.1 Å². The number of ether oxygens (including phenoxy) is 1. The van der Waals surface area contributed by atoms with Gasteiger partial charge in [-0.1, -0.05) is 78.9 Å². The van der Waals surface area contributed by atoms with Crippen LogP contribution < -0.4 is 10.1 Å². The molecule has 0 aliphatic heterocycles. The van der Waals surface area contributed by atoms with Crippen LogP contribution in [0.25, 0.3) is 10.8 Å². The van der Waals surface area contributed by atoms with Gasteiger partial charge in [0, 0.05) is 0 Å². The smallest absolute Gasteiger partial charge is 0.255 e. The van der Waals surface area contributed by atoms with E-state index in [1.54, 1.807) is 18.2 Å². The summed E-state index contributed by atoms with van der Waals surface area (Å²) in [4.78, 5) is 24.4. The lowest BCUT2D eigenvalue weighted by atomic mass is 10.1. The Morgan fingerprint density at radius 1 is 0.806 bits per heavy atom. The zero-order chi connectivity index (χ0) is 21.5. The number of aldehydes is 1. The van der Waals surface area contributed by atoms with Crippen molar-refractivity contribution in [1.82, 2.24) is 5.32 Å². The van der Waals surface area contributed by atoms with Gasteiger partial charge in [0.1, 0.15) is 18.6 Å². The van der Waals surface area contributed by atoms with Crippen LogP contribution in [0.5, 0.6) is 5.75 Å². The lowest BCUT2D eigenvalue weighted by Crippen LogP contribution is -2.37. The minimum Gasteiger partial charge on any atom is -0.488 e. The Labute approximate surface area is 181 Å². The first-order valence-corrected chi connectivity index (χ1v) is 10.2. The van der Waals surface area contributed by atoms with Gasteiger partial charge in [0.05, 0.1) is 11.6 Å². The third kappa shape index (κ3) is 5.17. The summed E-state index contributed by atoms with van der Waals surface area (Å²) < 4.78 is 5.98. The van der Waals surface area contributed by atoms with Crippen LogP contribution in [-0.4, -0.2) is 18.2 Å². The number of fused-ring (bicyclic) bond motifs is 1. The van der Waals surface area contributed by atoms with E-state index in [4.69, 9.17) is 4.74 Å². The largest absolute Gasteiger partial charge is 0.488 e. The number of hydrogen-bond acceptors (Lipinski definition) is 3. The molecule has 0 saturated heterocycles. The molecule has 1 amide bonds. The van der Waals surface area contributed by atoms with Gasteiger partial charge in [-0.2, -0.15) is 0 Å². The summed E-state index contributed by atoms with van der Waals surface area (Å²) in [6.45, 7) is 0.344. The second-order valence-corrected chi connectivity index (χ2v) is 7.37. The Morgan fingerprint density at radius 3 is 2.32 bits per heavy atom. The van der Waals surface area contributed by atoms with Crippen molar-refractivity contribution in [3.63, 3.8) is 0 Å². The van der Waals surface area contributed by atoms with E-state index in [1.807, 2.05) is 54.6 Å². The summed E-state index contributed by atoms with van der Waals surface area (Å²) in [5.41, 5.74) is 2.41. The zero-order valence-corrected chi connectivity index (χ0v) is 17.0. The van der Waals surface area contributed by atoms with Crippen LogP contribution in [0.4, 0.5) is 0 Å². The Balaban J connectivity index is 1.45. The van der Waals surface area contributed by atoms with E-state index < -0.39 is 6.04 Å². The molecule has 0 aliphatic rings. The zero-order valence-electron chi connectivity index (χ0n) is 17.0. The highest BCUT2D eigenvalue weighted by atomic mass is 16.5. The first-order chi connectivity index (χ1) is 15.2. The van der Waals surface area contributed by atoms with Crippen LogP contribution >= 0.6 is 0 Å². The quantitative estimate of drug-likeness (QED) is 0.419. The third-order valence-electron chi connectivity index (χ3n) is 5.12. The second kappa shape index (κ2) is 9.72. The number of benzene rings is 4. The minimum absolute atomic E-state index is 0.331. The first kappa shape index (κ1) is 20.4. The number of para-hydroxylation sites is 1. The molecule has 1 atom stereocenters. The third-order valence-corrected chi connectivity index (χ3v) is 5.12. The van der Waals surface area contributed by atoms with Crippen molar-refractivity contribution in [3.8, 4) is 5.75 Å². The summed E-state index contributed by atoms with van der Waals surface area (Å²) in [6.07, 6.45) is 1.21. The fourth-order valence-corrected chi connectivity index (χ4v) is 3.52. The van der Waals surface area contributed by atoms with Crippen LogP contribution in [0.2, 0.25) is 0 Å². The molecule has 0 fully saturated rings. The number of amides is 1. The van der Waals surface area contributed by atoms with E-state index in [-0.39, 0.29) is 5.91 Å². The van der Waals surface area contributed by atoms with Crippen molar-refractivity contribution in [3.05, 3.63) is 114 Å².